The summed E-state index contributed by atoms with van der Waals surface area (Å²) in [5, 5.41) is 2.82. The highest BCUT2D eigenvalue weighted by molar-refractivity contribution is 5.89. The minimum absolute atomic E-state index is 0.593. The maximum Gasteiger partial charge on any atom is -0.0144 e. The molecular weight excluding hydrogens is 180 g/mol. The van der Waals surface area contributed by atoms with Crippen LogP contribution in [0.2, 0.25) is 0 Å². The molecule has 0 heterocycles. The van der Waals surface area contributed by atoms with Crippen LogP contribution in [-0.2, 0) is 0 Å². The van der Waals surface area contributed by atoms with Crippen molar-refractivity contribution in [2.24, 2.45) is 0 Å². The fraction of sp³-hybridized carbons (Fsp3) is 0.333. The summed E-state index contributed by atoms with van der Waals surface area (Å²) in [6.45, 7) is 8.92. The summed E-state index contributed by atoms with van der Waals surface area (Å²) >= 11 is 0. The lowest BCUT2D eigenvalue weighted by molar-refractivity contribution is 0.866. The van der Waals surface area contributed by atoms with Gasteiger partial charge in [-0.2, -0.15) is 0 Å². The Morgan fingerprint density at radius 3 is 2.20 bits per heavy atom. The van der Waals surface area contributed by atoms with Crippen molar-refractivity contribution in [1.29, 1.82) is 0 Å². The molecule has 0 N–H and O–H groups in total. The summed E-state index contributed by atoms with van der Waals surface area (Å²) in [6, 6.07) is 11.1. The zero-order valence-electron chi connectivity index (χ0n) is 9.96. The lowest BCUT2D eigenvalue weighted by Gasteiger charge is -2.14. The highest BCUT2D eigenvalue weighted by Gasteiger charge is 2.08. The predicted molar refractivity (Wildman–Crippen MR) is 67.5 cm³/mol. The molecule has 0 heteroatoms. The zero-order chi connectivity index (χ0) is 11.0. The molecule has 2 rings (SSSR count). The highest BCUT2D eigenvalue weighted by Crippen LogP contribution is 2.30. The molecule has 0 unspecified atom stereocenters. The van der Waals surface area contributed by atoms with Gasteiger partial charge < -0.3 is 0 Å². The Morgan fingerprint density at radius 1 is 0.800 bits per heavy atom. The monoisotopic (exact) mass is 198 g/mol. The van der Waals surface area contributed by atoms with Gasteiger partial charge in [-0.15, -0.1) is 0 Å². The van der Waals surface area contributed by atoms with E-state index in [0.717, 1.165) is 0 Å². The lowest BCUT2D eigenvalue weighted by atomic mass is 9.90. The van der Waals surface area contributed by atoms with Gasteiger partial charge in [-0.05, 0) is 47.2 Å². The molecule has 78 valence electrons. The van der Waals surface area contributed by atoms with Crippen LogP contribution in [0.25, 0.3) is 10.8 Å². The maximum atomic E-state index is 2.27. The van der Waals surface area contributed by atoms with Crippen molar-refractivity contribution in [1.82, 2.24) is 0 Å². The first kappa shape index (κ1) is 10.2. The third-order valence-electron chi connectivity index (χ3n) is 3.12. The molecule has 0 bridgehead atoms. The van der Waals surface area contributed by atoms with E-state index in [1.807, 2.05) is 0 Å². The smallest absolute Gasteiger partial charge is 0.0144 e. The molecule has 0 amide bonds. The number of fused-ring (bicyclic) bond motifs is 1. The second kappa shape index (κ2) is 3.69. The van der Waals surface area contributed by atoms with Crippen molar-refractivity contribution in [3.05, 3.63) is 47.0 Å². The molecule has 0 atom stereocenters. The molecule has 0 aliphatic heterocycles. The second-order valence-corrected chi connectivity index (χ2v) is 4.62. The van der Waals surface area contributed by atoms with Crippen molar-refractivity contribution in [3.8, 4) is 0 Å². The van der Waals surface area contributed by atoms with Gasteiger partial charge >= 0.3 is 0 Å². The number of hydrogen-bond acceptors (Lipinski definition) is 0. The highest BCUT2D eigenvalue weighted by atomic mass is 14.1. The quantitative estimate of drug-likeness (QED) is 0.629. The summed E-state index contributed by atoms with van der Waals surface area (Å²) in [7, 11) is 0. The second-order valence-electron chi connectivity index (χ2n) is 4.62. The van der Waals surface area contributed by atoms with E-state index in [1.165, 1.54) is 27.5 Å². The van der Waals surface area contributed by atoms with E-state index in [-0.39, 0.29) is 0 Å². The molecule has 0 spiro atoms. The van der Waals surface area contributed by atoms with Crippen LogP contribution in [0.15, 0.2) is 30.3 Å². The molecule has 0 saturated heterocycles. The Kier molecular flexibility index (Phi) is 2.52. The molecule has 0 nitrogen and oxygen atoms in total. The Morgan fingerprint density at radius 2 is 1.53 bits per heavy atom. The molecule has 0 aliphatic rings. The number of hydrogen-bond donors (Lipinski definition) is 0. The van der Waals surface area contributed by atoms with E-state index in [4.69, 9.17) is 0 Å². The van der Waals surface area contributed by atoms with Gasteiger partial charge in [0.2, 0.25) is 0 Å². The van der Waals surface area contributed by atoms with Crippen LogP contribution >= 0.6 is 0 Å². The number of benzene rings is 2. The van der Waals surface area contributed by atoms with Gasteiger partial charge in [0.25, 0.3) is 0 Å². The largest absolute Gasteiger partial charge is 0.0614 e. The maximum absolute atomic E-state index is 2.27. The minimum atomic E-state index is 0.593. The number of aryl methyl sites for hydroxylation is 2. The van der Waals surface area contributed by atoms with Crippen LogP contribution in [0.1, 0.15) is 36.5 Å². The van der Waals surface area contributed by atoms with Crippen LogP contribution in [0, 0.1) is 13.8 Å². The molecule has 0 aromatic heterocycles. The van der Waals surface area contributed by atoms with Gasteiger partial charge in [0.15, 0.2) is 0 Å². The Balaban J connectivity index is 2.88. The van der Waals surface area contributed by atoms with E-state index in [1.54, 1.807) is 0 Å². The summed E-state index contributed by atoms with van der Waals surface area (Å²) in [5.41, 5.74) is 4.27. The number of rotatable bonds is 1. The van der Waals surface area contributed by atoms with Gasteiger partial charge in [0.05, 0.1) is 0 Å². The summed E-state index contributed by atoms with van der Waals surface area (Å²) < 4.78 is 0. The molecule has 0 aliphatic carbocycles. The first-order valence-corrected chi connectivity index (χ1v) is 5.60. The van der Waals surface area contributed by atoms with E-state index < -0.39 is 0 Å². The van der Waals surface area contributed by atoms with Gasteiger partial charge in [-0.25, -0.2) is 0 Å². The first-order valence-electron chi connectivity index (χ1n) is 5.60. The topological polar surface area (TPSA) is 0 Å². The SMILES string of the molecule is Cc1ccc2c(C)cccc2c1C(C)C. The molecule has 2 aromatic carbocycles. The fourth-order valence-corrected chi connectivity index (χ4v) is 2.41. The zero-order valence-corrected chi connectivity index (χ0v) is 9.96. The van der Waals surface area contributed by atoms with Crippen molar-refractivity contribution >= 4 is 10.8 Å². The molecule has 0 fully saturated rings. The van der Waals surface area contributed by atoms with Crippen molar-refractivity contribution in [3.63, 3.8) is 0 Å². The van der Waals surface area contributed by atoms with E-state index in [0.29, 0.717) is 5.92 Å². The van der Waals surface area contributed by atoms with E-state index in [2.05, 4.69) is 58.0 Å². The normalized spacial score (nSPS) is 11.3. The lowest BCUT2D eigenvalue weighted by Crippen LogP contribution is -1.94. The van der Waals surface area contributed by atoms with Crippen molar-refractivity contribution < 1.29 is 0 Å². The van der Waals surface area contributed by atoms with Gasteiger partial charge in [0, 0.05) is 0 Å². The van der Waals surface area contributed by atoms with Crippen LogP contribution in [0.5, 0.6) is 0 Å². The summed E-state index contributed by atoms with van der Waals surface area (Å²) in [6.07, 6.45) is 0. The van der Waals surface area contributed by atoms with Crippen LogP contribution in [-0.4, -0.2) is 0 Å². The fourth-order valence-electron chi connectivity index (χ4n) is 2.41. The Labute approximate surface area is 91.9 Å². The van der Waals surface area contributed by atoms with Crippen LogP contribution < -0.4 is 0 Å². The molecular formula is C15H18. The van der Waals surface area contributed by atoms with Crippen molar-refractivity contribution in [2.45, 2.75) is 33.6 Å². The molecule has 0 radical (unpaired) electrons. The van der Waals surface area contributed by atoms with Gasteiger partial charge in [-0.1, -0.05) is 44.2 Å². The molecule has 15 heavy (non-hydrogen) atoms. The van der Waals surface area contributed by atoms with Crippen LogP contribution in [0.3, 0.4) is 0 Å². The summed E-state index contributed by atoms with van der Waals surface area (Å²) in [5.74, 6) is 0.593. The molecule has 2 aromatic rings. The Hall–Kier alpha value is -1.30. The summed E-state index contributed by atoms with van der Waals surface area (Å²) in [4.78, 5) is 0. The predicted octanol–water partition coefficient (Wildman–Crippen LogP) is 4.58. The molecule has 0 saturated carbocycles. The van der Waals surface area contributed by atoms with E-state index >= 15 is 0 Å². The standard InChI is InChI=1S/C15H18/c1-10(2)15-12(4)8-9-13-11(3)6-5-7-14(13)15/h5-10H,1-4H3. The average molecular weight is 198 g/mol. The minimum Gasteiger partial charge on any atom is -0.0614 e. The third-order valence-corrected chi connectivity index (χ3v) is 3.12. The average Bonchev–Trinajstić information content (AvgIpc) is 2.17. The van der Waals surface area contributed by atoms with E-state index in [9.17, 15) is 0 Å². The van der Waals surface area contributed by atoms with Gasteiger partial charge in [-0.3, -0.25) is 0 Å². The van der Waals surface area contributed by atoms with Crippen LogP contribution in [0.4, 0.5) is 0 Å². The Bertz CT molecular complexity index is 493. The van der Waals surface area contributed by atoms with Crippen molar-refractivity contribution in [2.75, 3.05) is 0 Å². The van der Waals surface area contributed by atoms with Gasteiger partial charge in [0.1, 0.15) is 0 Å². The third kappa shape index (κ3) is 1.65. The first-order chi connectivity index (χ1) is 7.11.